The second-order valence-corrected chi connectivity index (χ2v) is 9.62. The van der Waals surface area contributed by atoms with Crippen LogP contribution in [0, 0.1) is 19.8 Å². The molecule has 6 nitrogen and oxygen atoms in total. The second kappa shape index (κ2) is 8.66. The zero-order valence-corrected chi connectivity index (χ0v) is 19.1. The maximum atomic E-state index is 14.1. The molecule has 1 unspecified atom stereocenters. The summed E-state index contributed by atoms with van der Waals surface area (Å²) in [5, 5.41) is 4.68. The highest BCUT2D eigenvalue weighted by atomic mass is 16.5. The van der Waals surface area contributed by atoms with Crippen LogP contribution in [0.25, 0.3) is 5.65 Å². The SMILES string of the molecule is Cc1cc(C)cc(C2(C(=O)N3CCOCC(Cc4ccc5nccn5n4)C3)CCCC2)c1. The molecule has 6 heteroatoms. The number of benzene rings is 1. The van der Waals surface area contributed by atoms with Crippen LogP contribution in [-0.4, -0.2) is 51.7 Å². The van der Waals surface area contributed by atoms with Crippen molar-refractivity contribution in [1.82, 2.24) is 19.5 Å². The van der Waals surface area contributed by atoms with E-state index in [4.69, 9.17) is 4.74 Å². The predicted molar refractivity (Wildman–Crippen MR) is 124 cm³/mol. The molecule has 1 aliphatic heterocycles. The first-order chi connectivity index (χ1) is 15.5. The van der Waals surface area contributed by atoms with E-state index in [1.807, 2.05) is 22.8 Å². The second-order valence-electron chi connectivity index (χ2n) is 9.62. The number of aromatic nitrogens is 3. The predicted octanol–water partition coefficient (Wildman–Crippen LogP) is 3.88. The number of carbonyl (C=O) groups is 1. The van der Waals surface area contributed by atoms with Crippen molar-refractivity contribution in [3.8, 4) is 0 Å². The maximum absolute atomic E-state index is 14.1. The number of amides is 1. The number of hydrogen-bond acceptors (Lipinski definition) is 4. The molecule has 5 rings (SSSR count). The van der Waals surface area contributed by atoms with E-state index in [0.29, 0.717) is 19.8 Å². The summed E-state index contributed by atoms with van der Waals surface area (Å²) in [6, 6.07) is 10.7. The van der Waals surface area contributed by atoms with Gasteiger partial charge in [-0.15, -0.1) is 0 Å². The third-order valence-electron chi connectivity index (χ3n) is 7.07. The number of fused-ring (bicyclic) bond motifs is 1. The molecule has 0 bridgehead atoms. The fourth-order valence-electron chi connectivity index (χ4n) is 5.61. The van der Waals surface area contributed by atoms with E-state index in [1.165, 1.54) is 16.7 Å². The Kier molecular flexibility index (Phi) is 5.72. The van der Waals surface area contributed by atoms with Gasteiger partial charge in [-0.2, -0.15) is 5.10 Å². The number of imidazole rings is 1. The van der Waals surface area contributed by atoms with E-state index in [0.717, 1.165) is 50.0 Å². The van der Waals surface area contributed by atoms with Gasteiger partial charge in [0.05, 0.1) is 24.3 Å². The van der Waals surface area contributed by atoms with Crippen molar-refractivity contribution < 1.29 is 9.53 Å². The molecule has 1 aromatic carbocycles. The minimum absolute atomic E-state index is 0.229. The van der Waals surface area contributed by atoms with Crippen LogP contribution in [0.15, 0.2) is 42.7 Å². The van der Waals surface area contributed by atoms with Gasteiger partial charge in [0.15, 0.2) is 5.65 Å². The average molecular weight is 433 g/mol. The molecule has 1 aliphatic carbocycles. The highest BCUT2D eigenvalue weighted by molar-refractivity contribution is 5.89. The molecule has 1 atom stereocenters. The van der Waals surface area contributed by atoms with Crippen LogP contribution in [0.1, 0.15) is 48.1 Å². The van der Waals surface area contributed by atoms with Crippen LogP contribution in [0.4, 0.5) is 0 Å². The van der Waals surface area contributed by atoms with Crippen molar-refractivity contribution in [2.24, 2.45) is 5.92 Å². The van der Waals surface area contributed by atoms with Crippen molar-refractivity contribution >= 4 is 11.6 Å². The molecule has 3 aromatic rings. The Labute approximate surface area is 189 Å². The van der Waals surface area contributed by atoms with Gasteiger partial charge in [0.2, 0.25) is 5.91 Å². The number of nitrogens with zero attached hydrogens (tertiary/aromatic N) is 4. The van der Waals surface area contributed by atoms with Crippen LogP contribution in [-0.2, 0) is 21.4 Å². The minimum atomic E-state index is -0.389. The van der Waals surface area contributed by atoms with Gasteiger partial charge >= 0.3 is 0 Å². The summed E-state index contributed by atoms with van der Waals surface area (Å²) in [6.07, 6.45) is 8.52. The summed E-state index contributed by atoms with van der Waals surface area (Å²) >= 11 is 0. The molecule has 0 N–H and O–H groups in total. The van der Waals surface area contributed by atoms with Crippen LogP contribution in [0.3, 0.4) is 0 Å². The Morgan fingerprint density at radius 3 is 2.72 bits per heavy atom. The van der Waals surface area contributed by atoms with Gasteiger partial charge in [0, 0.05) is 31.4 Å². The number of aryl methyl sites for hydroxylation is 2. The number of ether oxygens (including phenoxy) is 1. The zero-order valence-electron chi connectivity index (χ0n) is 19.1. The highest BCUT2D eigenvalue weighted by Crippen LogP contribution is 2.43. The first kappa shape index (κ1) is 21.1. The Bertz CT molecular complexity index is 1100. The quantitative estimate of drug-likeness (QED) is 0.628. The summed E-state index contributed by atoms with van der Waals surface area (Å²) < 4.78 is 7.74. The lowest BCUT2D eigenvalue weighted by Crippen LogP contribution is -2.47. The topological polar surface area (TPSA) is 59.7 Å². The van der Waals surface area contributed by atoms with Gasteiger partial charge in [-0.3, -0.25) is 4.79 Å². The van der Waals surface area contributed by atoms with E-state index in [1.54, 1.807) is 6.20 Å². The van der Waals surface area contributed by atoms with Crippen LogP contribution in [0.2, 0.25) is 0 Å². The van der Waals surface area contributed by atoms with Gasteiger partial charge in [-0.05, 0) is 50.8 Å². The smallest absolute Gasteiger partial charge is 0.233 e. The fourth-order valence-corrected chi connectivity index (χ4v) is 5.61. The van der Waals surface area contributed by atoms with E-state index in [-0.39, 0.29) is 17.2 Å². The molecule has 32 heavy (non-hydrogen) atoms. The van der Waals surface area contributed by atoms with E-state index < -0.39 is 0 Å². The minimum Gasteiger partial charge on any atom is -0.379 e. The number of rotatable bonds is 4. The maximum Gasteiger partial charge on any atom is 0.233 e. The molecular formula is C26H32N4O2. The third kappa shape index (κ3) is 4.04. The van der Waals surface area contributed by atoms with Gasteiger partial charge < -0.3 is 9.64 Å². The molecule has 168 valence electrons. The van der Waals surface area contributed by atoms with Gasteiger partial charge in [-0.1, -0.05) is 42.2 Å². The Balaban J connectivity index is 1.38. The largest absolute Gasteiger partial charge is 0.379 e. The molecule has 2 fully saturated rings. The fraction of sp³-hybridized carbons (Fsp3) is 0.500. The summed E-state index contributed by atoms with van der Waals surface area (Å²) in [4.78, 5) is 20.4. The molecule has 1 amide bonds. The normalized spacial score (nSPS) is 21.1. The number of hydrogen-bond donors (Lipinski definition) is 0. The van der Waals surface area contributed by atoms with Crippen LogP contribution >= 0.6 is 0 Å². The molecule has 0 radical (unpaired) electrons. The van der Waals surface area contributed by atoms with Gasteiger partial charge in [-0.25, -0.2) is 9.50 Å². The molecule has 1 saturated carbocycles. The first-order valence-electron chi connectivity index (χ1n) is 11.8. The lowest BCUT2D eigenvalue weighted by atomic mass is 9.76. The Morgan fingerprint density at radius 1 is 1.16 bits per heavy atom. The summed E-state index contributed by atoms with van der Waals surface area (Å²) in [6.45, 7) is 6.89. The Morgan fingerprint density at radius 2 is 1.94 bits per heavy atom. The van der Waals surface area contributed by atoms with Crippen molar-refractivity contribution in [2.45, 2.75) is 51.4 Å². The lowest BCUT2D eigenvalue weighted by Gasteiger charge is -2.35. The van der Waals surface area contributed by atoms with Gasteiger partial charge in [0.1, 0.15) is 0 Å². The van der Waals surface area contributed by atoms with Crippen molar-refractivity contribution in [1.29, 1.82) is 0 Å². The van der Waals surface area contributed by atoms with Crippen molar-refractivity contribution in [2.75, 3.05) is 26.3 Å². The monoisotopic (exact) mass is 432 g/mol. The van der Waals surface area contributed by atoms with E-state index in [2.05, 4.69) is 47.0 Å². The summed E-state index contributed by atoms with van der Waals surface area (Å²) in [5.74, 6) is 0.515. The van der Waals surface area contributed by atoms with E-state index in [9.17, 15) is 4.79 Å². The molecule has 0 spiro atoms. The lowest BCUT2D eigenvalue weighted by molar-refractivity contribution is -0.137. The molecule has 1 saturated heterocycles. The molecule has 2 aromatic heterocycles. The standard InChI is InChI=1S/C26H32N4O2/c1-19-13-20(2)15-22(14-19)26(7-3-4-8-26)25(31)29-11-12-32-18-21(17-29)16-23-5-6-24-27-9-10-30(24)28-23/h5-6,9-10,13-15,21H,3-4,7-8,11-12,16-18H2,1-2H3. The Hall–Kier alpha value is -2.73. The zero-order chi connectivity index (χ0) is 22.1. The van der Waals surface area contributed by atoms with Crippen LogP contribution < -0.4 is 0 Å². The summed E-state index contributed by atoms with van der Waals surface area (Å²) in [7, 11) is 0. The average Bonchev–Trinajstić information content (AvgIpc) is 3.39. The molecule has 2 aliphatic rings. The van der Waals surface area contributed by atoms with Gasteiger partial charge in [0.25, 0.3) is 0 Å². The highest BCUT2D eigenvalue weighted by Gasteiger charge is 2.45. The molecule has 3 heterocycles. The van der Waals surface area contributed by atoms with Crippen molar-refractivity contribution in [3.63, 3.8) is 0 Å². The first-order valence-corrected chi connectivity index (χ1v) is 11.8. The summed E-state index contributed by atoms with van der Waals surface area (Å²) in [5.41, 5.74) is 5.13. The van der Waals surface area contributed by atoms with Crippen LogP contribution in [0.5, 0.6) is 0 Å². The van der Waals surface area contributed by atoms with Crippen molar-refractivity contribution in [3.05, 3.63) is 65.1 Å². The third-order valence-corrected chi connectivity index (χ3v) is 7.07. The van der Waals surface area contributed by atoms with E-state index >= 15 is 0 Å². The molecular weight excluding hydrogens is 400 g/mol. The number of carbonyl (C=O) groups excluding carboxylic acids is 1.